The Morgan fingerprint density at radius 3 is 2.55 bits per heavy atom. The van der Waals surface area contributed by atoms with E-state index in [0.29, 0.717) is 0 Å². The first kappa shape index (κ1) is 9.48. The summed E-state index contributed by atoms with van der Waals surface area (Å²) in [6.07, 6.45) is 0.850. The average Bonchev–Trinajstić information content (AvgIpc) is 1.85. The molecule has 0 aromatic carbocycles. The zero-order chi connectivity index (χ0) is 8.85. The van der Waals surface area contributed by atoms with E-state index >= 15 is 0 Å². The van der Waals surface area contributed by atoms with Crippen molar-refractivity contribution in [1.82, 2.24) is 0 Å². The number of allylic oxidation sites excluding steroid dienone is 1. The number of amidine groups is 1. The molecular weight excluding hydrogens is 151 g/mol. The molecule has 5 heteroatoms. The summed E-state index contributed by atoms with van der Waals surface area (Å²) in [7, 11) is 0. The van der Waals surface area contributed by atoms with Crippen LogP contribution in [0.4, 0.5) is 4.39 Å². The highest BCUT2D eigenvalue weighted by molar-refractivity contribution is 5.82. The van der Waals surface area contributed by atoms with E-state index < -0.39 is 12.6 Å². The SMILES string of the molecule is C=C(O)/C=C(O)\N=C(/N)CF. The molecule has 0 saturated carbocycles. The van der Waals surface area contributed by atoms with E-state index in [1.54, 1.807) is 0 Å². The van der Waals surface area contributed by atoms with Crippen LogP contribution < -0.4 is 5.73 Å². The van der Waals surface area contributed by atoms with Gasteiger partial charge in [-0.15, -0.1) is 0 Å². The lowest BCUT2D eigenvalue weighted by molar-refractivity contribution is 0.388. The molecule has 0 bridgehead atoms. The Morgan fingerprint density at radius 2 is 2.18 bits per heavy atom. The minimum absolute atomic E-state index is 0.361. The summed E-state index contributed by atoms with van der Waals surface area (Å²) in [6, 6.07) is 0. The van der Waals surface area contributed by atoms with Crippen molar-refractivity contribution in [1.29, 1.82) is 0 Å². The van der Waals surface area contributed by atoms with Gasteiger partial charge in [-0.2, -0.15) is 4.99 Å². The summed E-state index contributed by atoms with van der Waals surface area (Å²) in [5, 5.41) is 17.2. The van der Waals surface area contributed by atoms with Crippen molar-refractivity contribution in [3.8, 4) is 0 Å². The normalized spacial score (nSPS) is 13.2. The minimum Gasteiger partial charge on any atom is -0.508 e. The second-order valence-corrected chi connectivity index (χ2v) is 1.73. The van der Waals surface area contributed by atoms with Gasteiger partial charge < -0.3 is 15.9 Å². The first-order valence-corrected chi connectivity index (χ1v) is 2.73. The molecule has 0 spiro atoms. The van der Waals surface area contributed by atoms with Crippen molar-refractivity contribution in [3.63, 3.8) is 0 Å². The average molecular weight is 160 g/mol. The third kappa shape index (κ3) is 4.95. The quantitative estimate of drug-likeness (QED) is 0.247. The first-order valence-electron chi connectivity index (χ1n) is 2.73. The number of rotatable bonds is 3. The van der Waals surface area contributed by atoms with Crippen LogP contribution in [0.3, 0.4) is 0 Å². The van der Waals surface area contributed by atoms with Crippen LogP contribution in [0.2, 0.25) is 0 Å². The fraction of sp³-hybridized carbons (Fsp3) is 0.167. The van der Waals surface area contributed by atoms with E-state index in [-0.39, 0.29) is 11.6 Å². The third-order valence-electron chi connectivity index (χ3n) is 0.691. The van der Waals surface area contributed by atoms with Crippen LogP contribution >= 0.6 is 0 Å². The second kappa shape index (κ2) is 4.32. The van der Waals surface area contributed by atoms with Crippen molar-refractivity contribution in [2.75, 3.05) is 6.67 Å². The molecule has 0 fully saturated rings. The maximum Gasteiger partial charge on any atom is 0.216 e. The highest BCUT2D eigenvalue weighted by Gasteiger charge is 1.93. The lowest BCUT2D eigenvalue weighted by Crippen LogP contribution is -2.13. The predicted octanol–water partition coefficient (Wildman–Crippen LogP) is 0.784. The van der Waals surface area contributed by atoms with Crippen molar-refractivity contribution < 1.29 is 14.6 Å². The number of hydrogen-bond donors (Lipinski definition) is 3. The van der Waals surface area contributed by atoms with Gasteiger partial charge >= 0.3 is 0 Å². The molecule has 0 heterocycles. The van der Waals surface area contributed by atoms with Gasteiger partial charge in [0, 0.05) is 6.08 Å². The molecule has 0 aliphatic heterocycles. The summed E-state index contributed by atoms with van der Waals surface area (Å²) >= 11 is 0. The highest BCUT2D eigenvalue weighted by atomic mass is 19.1. The molecule has 0 rings (SSSR count). The predicted molar refractivity (Wildman–Crippen MR) is 40.1 cm³/mol. The first-order chi connectivity index (χ1) is 5.06. The molecule has 0 amide bonds. The van der Waals surface area contributed by atoms with E-state index in [1.807, 2.05) is 0 Å². The fourth-order valence-electron chi connectivity index (χ4n) is 0.358. The molecule has 0 aromatic heterocycles. The number of nitrogens with two attached hydrogens (primary N) is 1. The van der Waals surface area contributed by atoms with Gasteiger partial charge in [0.25, 0.3) is 0 Å². The minimum atomic E-state index is -0.949. The molecule has 0 radical (unpaired) electrons. The number of alkyl halides is 1. The van der Waals surface area contributed by atoms with Crippen LogP contribution in [0.5, 0.6) is 0 Å². The molecule has 4 N–H and O–H groups in total. The Balaban J connectivity index is 4.26. The van der Waals surface area contributed by atoms with Gasteiger partial charge in [0.2, 0.25) is 5.88 Å². The standard InChI is InChI=1S/C6H9FN2O2/c1-4(10)2-6(11)9-5(8)3-7/h2,10-11H,1,3H2,(H2,8,9)/b6-2+. The van der Waals surface area contributed by atoms with Crippen LogP contribution in [0, 0.1) is 0 Å². The number of halogens is 1. The zero-order valence-corrected chi connectivity index (χ0v) is 5.79. The van der Waals surface area contributed by atoms with Gasteiger partial charge in [-0.25, -0.2) is 4.39 Å². The summed E-state index contributed by atoms with van der Waals surface area (Å²) in [6.45, 7) is 2.09. The Hall–Kier alpha value is -1.52. The van der Waals surface area contributed by atoms with Gasteiger partial charge in [0.05, 0.1) is 0 Å². The third-order valence-corrected chi connectivity index (χ3v) is 0.691. The lowest BCUT2D eigenvalue weighted by atomic mass is 10.5. The van der Waals surface area contributed by atoms with E-state index in [4.69, 9.17) is 15.9 Å². The van der Waals surface area contributed by atoms with E-state index in [0.717, 1.165) is 6.08 Å². The highest BCUT2D eigenvalue weighted by Crippen LogP contribution is 1.95. The smallest absolute Gasteiger partial charge is 0.216 e. The Morgan fingerprint density at radius 1 is 1.64 bits per heavy atom. The number of aliphatic hydroxyl groups excluding tert-OH is 2. The Kier molecular flexibility index (Phi) is 3.72. The van der Waals surface area contributed by atoms with Crippen LogP contribution in [0.25, 0.3) is 0 Å². The van der Waals surface area contributed by atoms with Crippen molar-refractivity contribution in [3.05, 3.63) is 24.3 Å². The molecular formula is C6H9FN2O2. The van der Waals surface area contributed by atoms with E-state index in [1.165, 1.54) is 0 Å². The van der Waals surface area contributed by atoms with Crippen LogP contribution in [0.15, 0.2) is 29.3 Å². The van der Waals surface area contributed by atoms with Gasteiger partial charge in [-0.05, 0) is 0 Å². The molecule has 0 atom stereocenters. The number of aliphatic imine (C=N–C) groups is 1. The topological polar surface area (TPSA) is 78.8 Å². The zero-order valence-electron chi connectivity index (χ0n) is 5.79. The molecule has 62 valence electrons. The van der Waals surface area contributed by atoms with Crippen molar-refractivity contribution in [2.24, 2.45) is 10.7 Å². The molecule has 0 aromatic rings. The summed E-state index contributed by atoms with van der Waals surface area (Å²) < 4.78 is 11.6. The molecule has 0 aliphatic rings. The van der Waals surface area contributed by atoms with Gasteiger partial charge in [0.15, 0.2) is 0 Å². The fourth-order valence-corrected chi connectivity index (χ4v) is 0.358. The molecule has 0 aliphatic carbocycles. The van der Waals surface area contributed by atoms with Crippen LogP contribution in [-0.4, -0.2) is 22.7 Å². The van der Waals surface area contributed by atoms with Gasteiger partial charge in [-0.3, -0.25) is 0 Å². The lowest BCUT2D eigenvalue weighted by Gasteiger charge is -1.92. The summed E-state index contributed by atoms with van der Waals surface area (Å²) in [5.41, 5.74) is 4.91. The molecule has 11 heavy (non-hydrogen) atoms. The summed E-state index contributed by atoms with van der Waals surface area (Å²) in [5.74, 6) is -1.31. The van der Waals surface area contributed by atoms with E-state index in [2.05, 4.69) is 11.6 Å². The number of aliphatic hydroxyl groups is 2. The summed E-state index contributed by atoms with van der Waals surface area (Å²) in [4.78, 5) is 3.15. The van der Waals surface area contributed by atoms with Crippen LogP contribution in [0.1, 0.15) is 0 Å². The van der Waals surface area contributed by atoms with Crippen LogP contribution in [-0.2, 0) is 0 Å². The largest absolute Gasteiger partial charge is 0.508 e. The molecule has 0 unspecified atom stereocenters. The van der Waals surface area contributed by atoms with Crippen molar-refractivity contribution in [2.45, 2.75) is 0 Å². The molecule has 0 saturated heterocycles. The Labute approximate surface area is 63.2 Å². The monoisotopic (exact) mass is 160 g/mol. The number of hydrogen-bond acceptors (Lipinski definition) is 3. The number of nitrogens with zero attached hydrogens (tertiary/aromatic N) is 1. The van der Waals surface area contributed by atoms with Crippen molar-refractivity contribution >= 4 is 5.84 Å². The Bertz CT molecular complexity index is 211. The molecule has 4 nitrogen and oxygen atoms in total. The van der Waals surface area contributed by atoms with Gasteiger partial charge in [0.1, 0.15) is 18.3 Å². The van der Waals surface area contributed by atoms with E-state index in [9.17, 15) is 4.39 Å². The maximum atomic E-state index is 11.6. The second-order valence-electron chi connectivity index (χ2n) is 1.73. The maximum absolute atomic E-state index is 11.6. The van der Waals surface area contributed by atoms with Gasteiger partial charge in [-0.1, -0.05) is 6.58 Å².